The monoisotopic (exact) mass is 309 g/mol. The summed E-state index contributed by atoms with van der Waals surface area (Å²) in [4.78, 5) is 15.9. The van der Waals surface area contributed by atoms with Crippen LogP contribution in [0.4, 0.5) is 10.1 Å². The van der Waals surface area contributed by atoms with Crippen LogP contribution in [0, 0.1) is 5.82 Å². The Balaban J connectivity index is 1.75. The Kier molecular flexibility index (Phi) is 5.74. The standard InChI is InChI=1S/C14H16FN3O2S/c1-2-5-12-17-14(20-18-12)9-21-8-13(19)16-11-7-4-3-6-10(11)15/h3-4,6-7H,2,5,8-9H2,1H3,(H,16,19). The van der Waals surface area contributed by atoms with Crippen LogP contribution in [0.2, 0.25) is 0 Å². The van der Waals surface area contributed by atoms with Crippen LogP contribution in [-0.4, -0.2) is 21.8 Å². The largest absolute Gasteiger partial charge is 0.338 e. The molecule has 0 fully saturated rings. The minimum atomic E-state index is -0.447. The second-order valence-electron chi connectivity index (χ2n) is 4.38. The zero-order valence-electron chi connectivity index (χ0n) is 11.6. The van der Waals surface area contributed by atoms with E-state index in [1.165, 1.54) is 23.9 Å². The predicted octanol–water partition coefficient (Wildman–Crippen LogP) is 3.03. The molecule has 1 heterocycles. The van der Waals surface area contributed by atoms with Crippen molar-refractivity contribution in [1.82, 2.24) is 10.1 Å². The van der Waals surface area contributed by atoms with E-state index in [2.05, 4.69) is 15.5 Å². The van der Waals surface area contributed by atoms with Gasteiger partial charge in [-0.15, -0.1) is 11.8 Å². The van der Waals surface area contributed by atoms with Crippen LogP contribution in [0.25, 0.3) is 0 Å². The molecule has 1 amide bonds. The van der Waals surface area contributed by atoms with E-state index < -0.39 is 5.82 Å². The molecule has 1 aromatic carbocycles. The molecule has 1 N–H and O–H groups in total. The molecule has 0 saturated heterocycles. The fraction of sp³-hybridized carbons (Fsp3) is 0.357. The van der Waals surface area contributed by atoms with Gasteiger partial charge in [0.2, 0.25) is 11.8 Å². The number of benzene rings is 1. The van der Waals surface area contributed by atoms with E-state index in [1.807, 2.05) is 6.92 Å². The smallest absolute Gasteiger partial charge is 0.236 e. The maximum atomic E-state index is 13.4. The summed E-state index contributed by atoms with van der Waals surface area (Å²) in [5.74, 6) is 1.13. The molecule has 0 aliphatic rings. The van der Waals surface area contributed by atoms with Crippen LogP contribution in [0.15, 0.2) is 28.8 Å². The van der Waals surface area contributed by atoms with Gasteiger partial charge in [-0.3, -0.25) is 4.79 Å². The molecule has 0 aliphatic carbocycles. The highest BCUT2D eigenvalue weighted by molar-refractivity contribution is 7.99. The maximum absolute atomic E-state index is 13.4. The first-order chi connectivity index (χ1) is 10.2. The SMILES string of the molecule is CCCc1noc(CSCC(=O)Nc2ccccc2F)n1. The Hall–Kier alpha value is -1.89. The topological polar surface area (TPSA) is 68.0 Å². The number of hydrogen-bond donors (Lipinski definition) is 1. The van der Waals surface area contributed by atoms with E-state index in [0.29, 0.717) is 17.5 Å². The number of aryl methyl sites for hydroxylation is 1. The van der Waals surface area contributed by atoms with E-state index in [-0.39, 0.29) is 17.3 Å². The lowest BCUT2D eigenvalue weighted by Gasteiger charge is -2.05. The molecule has 2 rings (SSSR count). The van der Waals surface area contributed by atoms with Crippen LogP contribution >= 0.6 is 11.8 Å². The first-order valence-electron chi connectivity index (χ1n) is 6.62. The molecule has 0 saturated carbocycles. The fourth-order valence-corrected chi connectivity index (χ4v) is 2.31. The summed E-state index contributed by atoms with van der Waals surface area (Å²) < 4.78 is 18.4. The van der Waals surface area contributed by atoms with Crippen LogP contribution < -0.4 is 5.32 Å². The first-order valence-corrected chi connectivity index (χ1v) is 7.78. The van der Waals surface area contributed by atoms with Crippen LogP contribution in [-0.2, 0) is 17.0 Å². The Morgan fingerprint density at radius 2 is 2.24 bits per heavy atom. The second kappa shape index (κ2) is 7.78. The number of thioether (sulfide) groups is 1. The van der Waals surface area contributed by atoms with Gasteiger partial charge in [0.05, 0.1) is 17.2 Å². The average molecular weight is 309 g/mol. The molecule has 1 aromatic heterocycles. The molecule has 0 atom stereocenters. The highest BCUT2D eigenvalue weighted by atomic mass is 32.2. The number of nitrogens with one attached hydrogen (secondary N) is 1. The van der Waals surface area contributed by atoms with Gasteiger partial charge in [-0.2, -0.15) is 4.98 Å². The number of nitrogens with zero attached hydrogens (tertiary/aromatic N) is 2. The van der Waals surface area contributed by atoms with Gasteiger partial charge in [-0.05, 0) is 18.6 Å². The van der Waals surface area contributed by atoms with Crippen molar-refractivity contribution in [3.05, 3.63) is 41.8 Å². The van der Waals surface area contributed by atoms with Gasteiger partial charge in [0.15, 0.2) is 5.82 Å². The van der Waals surface area contributed by atoms with Crippen LogP contribution in [0.5, 0.6) is 0 Å². The molecule has 0 bridgehead atoms. The van der Waals surface area contributed by atoms with Crippen molar-refractivity contribution in [2.45, 2.75) is 25.5 Å². The Bertz CT molecular complexity index is 603. The zero-order valence-corrected chi connectivity index (χ0v) is 12.5. The summed E-state index contributed by atoms with van der Waals surface area (Å²) in [7, 11) is 0. The molecule has 0 aliphatic heterocycles. The van der Waals surface area contributed by atoms with E-state index in [0.717, 1.165) is 12.8 Å². The fourth-order valence-electron chi connectivity index (χ4n) is 1.65. The number of amides is 1. The van der Waals surface area contributed by atoms with Crippen molar-refractivity contribution >= 4 is 23.4 Å². The van der Waals surface area contributed by atoms with E-state index in [4.69, 9.17) is 4.52 Å². The summed E-state index contributed by atoms with van der Waals surface area (Å²) in [6.07, 6.45) is 1.74. The van der Waals surface area contributed by atoms with Gasteiger partial charge in [0.1, 0.15) is 5.82 Å². The number of carbonyl (C=O) groups excluding carboxylic acids is 1. The molecule has 5 nitrogen and oxygen atoms in total. The molecule has 21 heavy (non-hydrogen) atoms. The third-order valence-electron chi connectivity index (χ3n) is 2.59. The summed E-state index contributed by atoms with van der Waals surface area (Å²) in [5, 5.41) is 6.35. The normalized spacial score (nSPS) is 10.6. The van der Waals surface area contributed by atoms with Gasteiger partial charge in [-0.1, -0.05) is 24.2 Å². The number of anilines is 1. The van der Waals surface area contributed by atoms with Crippen molar-refractivity contribution in [2.24, 2.45) is 0 Å². The number of para-hydroxylation sites is 1. The molecule has 0 spiro atoms. The summed E-state index contributed by atoms with van der Waals surface area (Å²) >= 11 is 1.34. The van der Waals surface area contributed by atoms with Gasteiger partial charge in [-0.25, -0.2) is 4.39 Å². The number of carbonyl (C=O) groups is 1. The third-order valence-corrected chi connectivity index (χ3v) is 3.51. The predicted molar refractivity (Wildman–Crippen MR) is 79.5 cm³/mol. The van der Waals surface area contributed by atoms with Crippen molar-refractivity contribution < 1.29 is 13.7 Å². The van der Waals surface area contributed by atoms with Crippen molar-refractivity contribution in [3.63, 3.8) is 0 Å². The van der Waals surface area contributed by atoms with Crippen molar-refractivity contribution in [2.75, 3.05) is 11.1 Å². The highest BCUT2D eigenvalue weighted by Gasteiger charge is 2.09. The number of halogens is 1. The summed E-state index contributed by atoms with van der Waals surface area (Å²) in [6.45, 7) is 2.04. The van der Waals surface area contributed by atoms with E-state index >= 15 is 0 Å². The lowest BCUT2D eigenvalue weighted by Crippen LogP contribution is -2.15. The van der Waals surface area contributed by atoms with Gasteiger partial charge in [0.25, 0.3) is 0 Å². The molecular weight excluding hydrogens is 293 g/mol. The maximum Gasteiger partial charge on any atom is 0.236 e. The van der Waals surface area contributed by atoms with Crippen molar-refractivity contribution in [1.29, 1.82) is 0 Å². The lowest BCUT2D eigenvalue weighted by atomic mass is 10.3. The molecule has 0 unspecified atom stereocenters. The van der Waals surface area contributed by atoms with E-state index in [1.54, 1.807) is 12.1 Å². The van der Waals surface area contributed by atoms with E-state index in [9.17, 15) is 9.18 Å². The number of aromatic nitrogens is 2. The summed E-state index contributed by atoms with van der Waals surface area (Å²) in [5.41, 5.74) is 0.186. The molecule has 112 valence electrons. The lowest BCUT2D eigenvalue weighted by molar-refractivity contribution is -0.113. The van der Waals surface area contributed by atoms with Gasteiger partial charge >= 0.3 is 0 Å². The summed E-state index contributed by atoms with van der Waals surface area (Å²) in [6, 6.07) is 6.06. The number of hydrogen-bond acceptors (Lipinski definition) is 5. The van der Waals surface area contributed by atoms with Crippen LogP contribution in [0.1, 0.15) is 25.1 Å². The minimum Gasteiger partial charge on any atom is -0.338 e. The van der Waals surface area contributed by atoms with Crippen molar-refractivity contribution in [3.8, 4) is 0 Å². The molecular formula is C14H16FN3O2S. The molecule has 0 radical (unpaired) electrons. The van der Waals surface area contributed by atoms with Gasteiger partial charge in [0, 0.05) is 6.42 Å². The van der Waals surface area contributed by atoms with Gasteiger partial charge < -0.3 is 9.84 Å². The number of rotatable bonds is 7. The highest BCUT2D eigenvalue weighted by Crippen LogP contribution is 2.15. The quantitative estimate of drug-likeness (QED) is 0.851. The average Bonchev–Trinajstić information content (AvgIpc) is 2.89. The second-order valence-corrected chi connectivity index (χ2v) is 5.36. The Morgan fingerprint density at radius 3 is 3.00 bits per heavy atom. The Labute approximate surface area is 126 Å². The molecule has 7 heteroatoms. The first kappa shape index (κ1) is 15.5. The Morgan fingerprint density at radius 1 is 1.43 bits per heavy atom. The van der Waals surface area contributed by atoms with Crippen LogP contribution in [0.3, 0.4) is 0 Å². The minimum absolute atomic E-state index is 0.186. The third kappa shape index (κ3) is 4.86. The zero-order chi connectivity index (χ0) is 15.1. The molecule has 2 aromatic rings.